The highest BCUT2D eigenvalue weighted by Crippen LogP contribution is 2.01. The summed E-state index contributed by atoms with van der Waals surface area (Å²) >= 11 is 0. The van der Waals surface area contributed by atoms with Gasteiger partial charge in [-0.2, -0.15) is 0 Å². The second-order valence-corrected chi connectivity index (χ2v) is 3.81. The molecule has 0 aliphatic carbocycles. The molecular formula is C14H16O7. The van der Waals surface area contributed by atoms with Gasteiger partial charge in [-0.3, -0.25) is 4.79 Å². The average molecular weight is 296 g/mol. The van der Waals surface area contributed by atoms with E-state index < -0.39 is 24.0 Å². The molecule has 21 heavy (non-hydrogen) atoms. The quantitative estimate of drug-likeness (QED) is 0.242. The van der Waals surface area contributed by atoms with E-state index in [0.29, 0.717) is 0 Å². The molecule has 0 bridgehead atoms. The molecule has 0 heterocycles. The highest BCUT2D eigenvalue weighted by atomic mass is 16.7. The molecule has 1 rings (SSSR count). The molecule has 114 valence electrons. The zero-order valence-electron chi connectivity index (χ0n) is 11.5. The minimum absolute atomic E-state index is 0.111. The van der Waals surface area contributed by atoms with Crippen LogP contribution in [0.4, 0.5) is 0 Å². The molecule has 0 aliphatic rings. The van der Waals surface area contributed by atoms with E-state index in [1.54, 1.807) is 25.1 Å². The van der Waals surface area contributed by atoms with Crippen molar-refractivity contribution in [2.45, 2.75) is 13.2 Å². The van der Waals surface area contributed by atoms with Crippen molar-refractivity contribution < 1.29 is 33.7 Å². The number of ether oxygens (including phenoxy) is 3. The smallest absolute Gasteiger partial charge is 0.379 e. The number of benzene rings is 1. The van der Waals surface area contributed by atoms with Crippen LogP contribution in [0, 0.1) is 0 Å². The summed E-state index contributed by atoms with van der Waals surface area (Å²) in [6, 6.07) is 7.95. The Labute approximate surface area is 121 Å². The predicted molar refractivity (Wildman–Crippen MR) is 70.3 cm³/mol. The van der Waals surface area contributed by atoms with Crippen molar-refractivity contribution in [1.82, 2.24) is 0 Å². The van der Waals surface area contributed by atoms with Gasteiger partial charge in [0, 0.05) is 5.56 Å². The summed E-state index contributed by atoms with van der Waals surface area (Å²) in [6.07, 6.45) is -1.74. The molecule has 1 atom stereocenters. The summed E-state index contributed by atoms with van der Waals surface area (Å²) in [7, 11) is 0. The molecule has 0 saturated carbocycles. The van der Waals surface area contributed by atoms with E-state index in [2.05, 4.69) is 14.2 Å². The minimum Gasteiger partial charge on any atom is -0.462 e. The minimum atomic E-state index is -1.74. The zero-order valence-corrected chi connectivity index (χ0v) is 11.5. The highest BCUT2D eigenvalue weighted by Gasteiger charge is 2.19. The molecule has 0 aromatic heterocycles. The lowest BCUT2D eigenvalue weighted by atomic mass is 10.1. The summed E-state index contributed by atoms with van der Waals surface area (Å²) in [5.41, 5.74) is 0.218. The first kappa shape index (κ1) is 16.8. The number of Topliss-reactive ketones (excluding diaryl/α,β-unsaturated/α-hetero) is 1. The van der Waals surface area contributed by atoms with Gasteiger partial charge in [-0.05, 0) is 6.92 Å². The van der Waals surface area contributed by atoms with Crippen LogP contribution in [0.5, 0.6) is 0 Å². The lowest BCUT2D eigenvalue weighted by Gasteiger charge is -2.10. The van der Waals surface area contributed by atoms with E-state index in [9.17, 15) is 19.5 Å². The van der Waals surface area contributed by atoms with E-state index in [4.69, 9.17) is 0 Å². The van der Waals surface area contributed by atoms with Crippen LogP contribution in [0.1, 0.15) is 17.3 Å². The van der Waals surface area contributed by atoms with Gasteiger partial charge >= 0.3 is 11.9 Å². The fraction of sp³-hybridized carbons (Fsp3) is 0.357. The van der Waals surface area contributed by atoms with Gasteiger partial charge in [-0.1, -0.05) is 30.3 Å². The fourth-order valence-electron chi connectivity index (χ4n) is 1.35. The maximum absolute atomic E-state index is 11.6. The molecular weight excluding hydrogens is 280 g/mol. The van der Waals surface area contributed by atoms with Crippen LogP contribution in [0.3, 0.4) is 0 Å². The molecule has 0 aliphatic heterocycles. The third-order valence-electron chi connectivity index (χ3n) is 2.30. The standard InChI is InChI=1S/C14H16O7/c1-2-19-13(17)14(18)21-9-8-20-12(16)11(15)10-6-4-3-5-7-10/h3-7,14,18H,2,8-9H2,1H3. The Bertz CT molecular complexity index is 483. The van der Waals surface area contributed by atoms with Crippen LogP contribution in [-0.4, -0.2) is 48.9 Å². The van der Waals surface area contributed by atoms with Crippen molar-refractivity contribution in [2.24, 2.45) is 0 Å². The molecule has 0 radical (unpaired) electrons. The second kappa shape index (κ2) is 8.83. The number of aliphatic hydroxyl groups is 1. The molecule has 0 saturated heterocycles. The zero-order chi connectivity index (χ0) is 15.7. The first-order valence-corrected chi connectivity index (χ1v) is 6.29. The third kappa shape index (κ3) is 5.72. The molecule has 1 aromatic rings. The van der Waals surface area contributed by atoms with Gasteiger partial charge in [0.15, 0.2) is 0 Å². The fourth-order valence-corrected chi connectivity index (χ4v) is 1.35. The summed E-state index contributed by atoms with van der Waals surface area (Å²) in [5.74, 6) is -2.74. The molecule has 0 spiro atoms. The van der Waals surface area contributed by atoms with E-state index in [1.807, 2.05) is 0 Å². The number of carbonyl (C=O) groups excluding carboxylic acids is 3. The topological polar surface area (TPSA) is 99.1 Å². The molecule has 1 unspecified atom stereocenters. The van der Waals surface area contributed by atoms with Crippen molar-refractivity contribution in [1.29, 1.82) is 0 Å². The van der Waals surface area contributed by atoms with Crippen LogP contribution >= 0.6 is 0 Å². The van der Waals surface area contributed by atoms with Gasteiger partial charge in [0.2, 0.25) is 0 Å². The number of ketones is 1. The van der Waals surface area contributed by atoms with Crippen molar-refractivity contribution in [3.63, 3.8) is 0 Å². The maximum atomic E-state index is 11.6. The maximum Gasteiger partial charge on any atom is 0.379 e. The number of rotatable bonds is 8. The molecule has 7 nitrogen and oxygen atoms in total. The molecule has 0 amide bonds. The lowest BCUT2D eigenvalue weighted by molar-refractivity contribution is -0.184. The molecule has 0 fully saturated rings. The van der Waals surface area contributed by atoms with Crippen molar-refractivity contribution in [3.05, 3.63) is 35.9 Å². The van der Waals surface area contributed by atoms with Gasteiger partial charge < -0.3 is 19.3 Å². The average Bonchev–Trinajstić information content (AvgIpc) is 2.51. The summed E-state index contributed by atoms with van der Waals surface area (Å²) in [5, 5.41) is 9.20. The summed E-state index contributed by atoms with van der Waals surface area (Å²) < 4.78 is 13.9. The summed E-state index contributed by atoms with van der Waals surface area (Å²) in [4.78, 5) is 34.1. The highest BCUT2D eigenvalue weighted by molar-refractivity contribution is 6.40. The van der Waals surface area contributed by atoms with E-state index in [0.717, 1.165) is 0 Å². The van der Waals surface area contributed by atoms with Crippen LogP contribution in [0.25, 0.3) is 0 Å². The van der Waals surface area contributed by atoms with Crippen LogP contribution in [0.15, 0.2) is 30.3 Å². The number of hydrogen-bond donors (Lipinski definition) is 1. The van der Waals surface area contributed by atoms with Crippen molar-refractivity contribution in [2.75, 3.05) is 19.8 Å². The number of esters is 2. The SMILES string of the molecule is CCOC(=O)C(O)OCCOC(=O)C(=O)c1ccccc1. The van der Waals surface area contributed by atoms with Gasteiger partial charge in [0.05, 0.1) is 13.2 Å². The number of aliphatic hydroxyl groups excluding tert-OH is 1. The lowest BCUT2D eigenvalue weighted by Crippen LogP contribution is -2.28. The van der Waals surface area contributed by atoms with Crippen molar-refractivity contribution in [3.8, 4) is 0 Å². The Hall–Kier alpha value is -2.25. The first-order valence-electron chi connectivity index (χ1n) is 6.29. The monoisotopic (exact) mass is 296 g/mol. The summed E-state index contributed by atoms with van der Waals surface area (Å²) in [6.45, 7) is 1.18. The Kier molecular flexibility index (Phi) is 7.06. The number of hydrogen-bond acceptors (Lipinski definition) is 7. The predicted octanol–water partition coefficient (Wildman–Crippen LogP) is 0.311. The Morgan fingerprint density at radius 1 is 1.10 bits per heavy atom. The Morgan fingerprint density at radius 3 is 2.38 bits per heavy atom. The van der Waals surface area contributed by atoms with Gasteiger partial charge in [0.25, 0.3) is 12.1 Å². The second-order valence-electron chi connectivity index (χ2n) is 3.81. The molecule has 7 heteroatoms. The Balaban J connectivity index is 2.28. The van der Waals surface area contributed by atoms with Crippen LogP contribution in [0.2, 0.25) is 0 Å². The van der Waals surface area contributed by atoms with E-state index in [1.165, 1.54) is 12.1 Å². The van der Waals surface area contributed by atoms with Gasteiger partial charge in [-0.25, -0.2) is 9.59 Å². The normalized spacial score (nSPS) is 11.5. The van der Waals surface area contributed by atoms with Crippen LogP contribution in [-0.2, 0) is 23.8 Å². The van der Waals surface area contributed by atoms with E-state index in [-0.39, 0.29) is 25.4 Å². The van der Waals surface area contributed by atoms with Gasteiger partial charge in [-0.15, -0.1) is 0 Å². The molecule has 1 aromatic carbocycles. The number of carbonyl (C=O) groups is 3. The molecule has 1 N–H and O–H groups in total. The van der Waals surface area contributed by atoms with E-state index >= 15 is 0 Å². The first-order chi connectivity index (χ1) is 10.1. The third-order valence-corrected chi connectivity index (χ3v) is 2.30. The van der Waals surface area contributed by atoms with Crippen LogP contribution < -0.4 is 0 Å². The van der Waals surface area contributed by atoms with Gasteiger partial charge in [0.1, 0.15) is 6.61 Å². The largest absolute Gasteiger partial charge is 0.462 e. The van der Waals surface area contributed by atoms with Crippen molar-refractivity contribution >= 4 is 17.7 Å². The Morgan fingerprint density at radius 2 is 1.76 bits per heavy atom.